The van der Waals surface area contributed by atoms with Gasteiger partial charge in [0.05, 0.1) is 22.8 Å². The van der Waals surface area contributed by atoms with E-state index in [4.69, 9.17) is 14.6 Å². The van der Waals surface area contributed by atoms with Crippen LogP contribution in [0.25, 0.3) is 0 Å². The summed E-state index contributed by atoms with van der Waals surface area (Å²) >= 11 is 0. The first-order valence-electron chi connectivity index (χ1n) is 8.12. The van der Waals surface area contributed by atoms with E-state index in [1.165, 1.54) is 24.3 Å². The van der Waals surface area contributed by atoms with Gasteiger partial charge in [-0.3, -0.25) is 4.72 Å². The van der Waals surface area contributed by atoms with Gasteiger partial charge in [0.15, 0.2) is 0 Å². The minimum absolute atomic E-state index is 0.0128. The second kappa shape index (κ2) is 6.87. The zero-order valence-corrected chi connectivity index (χ0v) is 15.2. The lowest BCUT2D eigenvalue weighted by atomic mass is 10.1. The molecule has 1 aliphatic heterocycles. The van der Waals surface area contributed by atoms with Crippen molar-refractivity contribution in [1.29, 1.82) is 0 Å². The maximum Gasteiger partial charge on any atom is 0.335 e. The SMILES string of the molecule is CCOc1cc2c(cc1NS(=O)(=O)c1ccc(C(=O)O)cc1)OC(C)C2. The van der Waals surface area contributed by atoms with Crippen LogP contribution in [0.5, 0.6) is 11.5 Å². The number of fused-ring (bicyclic) bond motifs is 1. The monoisotopic (exact) mass is 377 g/mol. The minimum atomic E-state index is -3.91. The van der Waals surface area contributed by atoms with Gasteiger partial charge in [0.25, 0.3) is 10.0 Å². The van der Waals surface area contributed by atoms with Crippen molar-refractivity contribution in [3.63, 3.8) is 0 Å². The molecule has 0 saturated carbocycles. The van der Waals surface area contributed by atoms with Crippen molar-refractivity contribution in [2.24, 2.45) is 0 Å². The lowest BCUT2D eigenvalue weighted by molar-refractivity contribution is 0.0696. The van der Waals surface area contributed by atoms with E-state index >= 15 is 0 Å². The molecule has 26 heavy (non-hydrogen) atoms. The van der Waals surface area contributed by atoms with E-state index in [1.807, 2.05) is 13.8 Å². The van der Waals surface area contributed by atoms with E-state index in [0.717, 1.165) is 12.0 Å². The molecule has 0 bridgehead atoms. The number of carbonyl (C=O) groups is 1. The molecule has 0 spiro atoms. The standard InChI is InChI=1S/C18H19NO6S/c1-3-24-17-9-13-8-11(2)25-16(13)10-15(17)19-26(22,23)14-6-4-12(5-7-14)18(20)21/h4-7,9-11,19H,3,8H2,1-2H3,(H,20,21). The molecule has 0 aromatic heterocycles. The summed E-state index contributed by atoms with van der Waals surface area (Å²) < 4.78 is 39.1. The van der Waals surface area contributed by atoms with Crippen LogP contribution in [0.3, 0.4) is 0 Å². The number of carboxylic acids is 1. The smallest absolute Gasteiger partial charge is 0.335 e. The fraction of sp³-hybridized carbons (Fsp3) is 0.278. The average molecular weight is 377 g/mol. The summed E-state index contributed by atoms with van der Waals surface area (Å²) in [6.45, 7) is 4.14. The van der Waals surface area contributed by atoms with Gasteiger partial charge in [-0.2, -0.15) is 0 Å². The molecule has 1 heterocycles. The van der Waals surface area contributed by atoms with Crippen molar-refractivity contribution in [2.45, 2.75) is 31.3 Å². The number of hydrogen-bond acceptors (Lipinski definition) is 5. The number of nitrogens with one attached hydrogen (secondary N) is 1. The molecule has 0 fully saturated rings. The Labute approximate surface area is 151 Å². The molecule has 2 N–H and O–H groups in total. The number of aromatic carboxylic acids is 1. The number of anilines is 1. The molecule has 0 saturated heterocycles. The van der Waals surface area contributed by atoms with Gasteiger partial charge in [0.2, 0.25) is 0 Å². The van der Waals surface area contributed by atoms with Crippen LogP contribution in [-0.2, 0) is 16.4 Å². The van der Waals surface area contributed by atoms with Crippen LogP contribution in [0.1, 0.15) is 29.8 Å². The predicted octanol–water partition coefficient (Wildman–Crippen LogP) is 2.91. The Morgan fingerprint density at radius 1 is 1.31 bits per heavy atom. The minimum Gasteiger partial charge on any atom is -0.492 e. The summed E-state index contributed by atoms with van der Waals surface area (Å²) in [6.07, 6.45) is 0.758. The molecule has 1 aliphatic rings. The largest absolute Gasteiger partial charge is 0.492 e. The van der Waals surface area contributed by atoms with Crippen LogP contribution in [0.4, 0.5) is 5.69 Å². The van der Waals surface area contributed by atoms with Crippen molar-refractivity contribution < 1.29 is 27.8 Å². The summed E-state index contributed by atoms with van der Waals surface area (Å²) in [7, 11) is -3.91. The Balaban J connectivity index is 1.94. The van der Waals surface area contributed by atoms with E-state index in [-0.39, 0.29) is 22.3 Å². The number of hydrogen-bond donors (Lipinski definition) is 2. The normalized spacial score (nSPS) is 15.8. The number of benzene rings is 2. The van der Waals surface area contributed by atoms with Crippen LogP contribution < -0.4 is 14.2 Å². The van der Waals surface area contributed by atoms with Gasteiger partial charge in [-0.15, -0.1) is 0 Å². The van der Waals surface area contributed by atoms with Crippen LogP contribution in [-0.4, -0.2) is 32.2 Å². The Kier molecular flexibility index (Phi) is 4.78. The quantitative estimate of drug-likeness (QED) is 0.803. The topological polar surface area (TPSA) is 102 Å². The van der Waals surface area contributed by atoms with Crippen molar-refractivity contribution in [3.05, 3.63) is 47.5 Å². The van der Waals surface area contributed by atoms with Gasteiger partial charge in [0, 0.05) is 18.1 Å². The molecule has 2 aromatic carbocycles. The first-order valence-corrected chi connectivity index (χ1v) is 9.61. The van der Waals surface area contributed by atoms with Crippen molar-refractivity contribution in [1.82, 2.24) is 0 Å². The van der Waals surface area contributed by atoms with Crippen LogP contribution >= 0.6 is 0 Å². The molecule has 138 valence electrons. The van der Waals surface area contributed by atoms with Crippen LogP contribution in [0, 0.1) is 0 Å². The van der Waals surface area contributed by atoms with Gasteiger partial charge in [-0.1, -0.05) is 0 Å². The summed E-state index contributed by atoms with van der Waals surface area (Å²) in [4.78, 5) is 10.9. The number of carboxylic acid groups (broad SMARTS) is 1. The molecule has 3 rings (SSSR count). The van der Waals surface area contributed by atoms with Gasteiger partial charge < -0.3 is 14.6 Å². The molecule has 8 heteroatoms. The highest BCUT2D eigenvalue weighted by atomic mass is 32.2. The first-order chi connectivity index (χ1) is 12.3. The molecule has 1 atom stereocenters. The molecule has 0 radical (unpaired) electrons. The number of sulfonamides is 1. The number of rotatable bonds is 6. The second-order valence-electron chi connectivity index (χ2n) is 5.96. The lowest BCUT2D eigenvalue weighted by Gasteiger charge is -2.14. The Bertz CT molecular complexity index is 937. The van der Waals surface area contributed by atoms with Gasteiger partial charge in [-0.25, -0.2) is 13.2 Å². The zero-order valence-electron chi connectivity index (χ0n) is 14.4. The summed E-state index contributed by atoms with van der Waals surface area (Å²) in [5.74, 6) is -0.0695. The van der Waals surface area contributed by atoms with E-state index in [2.05, 4.69) is 4.72 Å². The predicted molar refractivity (Wildman–Crippen MR) is 95.6 cm³/mol. The summed E-state index contributed by atoms with van der Waals surface area (Å²) in [5.41, 5.74) is 1.26. The fourth-order valence-corrected chi connectivity index (χ4v) is 3.84. The second-order valence-corrected chi connectivity index (χ2v) is 7.64. The molecular weight excluding hydrogens is 358 g/mol. The lowest BCUT2D eigenvalue weighted by Crippen LogP contribution is -2.14. The Morgan fingerprint density at radius 3 is 2.62 bits per heavy atom. The van der Waals surface area contributed by atoms with Crippen LogP contribution in [0.15, 0.2) is 41.3 Å². The van der Waals surface area contributed by atoms with E-state index in [0.29, 0.717) is 18.1 Å². The third kappa shape index (κ3) is 3.60. The highest BCUT2D eigenvalue weighted by molar-refractivity contribution is 7.92. The van der Waals surface area contributed by atoms with Crippen LogP contribution in [0.2, 0.25) is 0 Å². The fourth-order valence-electron chi connectivity index (χ4n) is 2.77. The van der Waals surface area contributed by atoms with Gasteiger partial charge in [0.1, 0.15) is 17.6 Å². The maximum absolute atomic E-state index is 12.6. The highest BCUT2D eigenvalue weighted by Gasteiger charge is 2.24. The van der Waals surface area contributed by atoms with E-state index < -0.39 is 16.0 Å². The average Bonchev–Trinajstić information content (AvgIpc) is 2.94. The molecule has 0 amide bonds. The molecular formula is C18H19NO6S. The molecule has 0 aliphatic carbocycles. The summed E-state index contributed by atoms with van der Waals surface area (Å²) in [5, 5.41) is 8.92. The van der Waals surface area contributed by atoms with Gasteiger partial charge in [-0.05, 0) is 44.2 Å². The van der Waals surface area contributed by atoms with E-state index in [9.17, 15) is 13.2 Å². The van der Waals surface area contributed by atoms with Crippen molar-refractivity contribution in [2.75, 3.05) is 11.3 Å². The third-order valence-corrected chi connectivity index (χ3v) is 5.34. The zero-order chi connectivity index (χ0) is 18.9. The molecule has 2 aromatic rings. The Morgan fingerprint density at radius 2 is 2.00 bits per heavy atom. The third-order valence-electron chi connectivity index (χ3n) is 3.95. The van der Waals surface area contributed by atoms with Gasteiger partial charge >= 0.3 is 5.97 Å². The number of ether oxygens (including phenoxy) is 2. The first kappa shape index (κ1) is 18.1. The van der Waals surface area contributed by atoms with Crippen molar-refractivity contribution >= 4 is 21.7 Å². The van der Waals surface area contributed by atoms with E-state index in [1.54, 1.807) is 12.1 Å². The molecule has 1 unspecified atom stereocenters. The highest BCUT2D eigenvalue weighted by Crippen LogP contribution is 2.38. The summed E-state index contributed by atoms with van der Waals surface area (Å²) in [6, 6.07) is 8.39. The Hall–Kier alpha value is -2.74. The van der Waals surface area contributed by atoms with Crippen molar-refractivity contribution in [3.8, 4) is 11.5 Å². The molecule has 7 nitrogen and oxygen atoms in total. The maximum atomic E-state index is 12.6.